The number of hydrogen-bond acceptors (Lipinski definition) is 17. The number of nitrogens with one attached hydrogen (secondary N) is 2. The zero-order chi connectivity index (χ0) is 39.3. The summed E-state index contributed by atoms with van der Waals surface area (Å²) in [6.45, 7) is 4.11. The van der Waals surface area contributed by atoms with E-state index in [1.54, 1.807) is 19.4 Å². The lowest BCUT2D eigenvalue weighted by Crippen LogP contribution is -2.36. The summed E-state index contributed by atoms with van der Waals surface area (Å²) >= 11 is 0. The van der Waals surface area contributed by atoms with E-state index < -0.39 is 72.7 Å². The highest BCUT2D eigenvalue weighted by atomic mass is 33.1. The summed E-state index contributed by atoms with van der Waals surface area (Å²) in [6, 6.07) is 0. The van der Waals surface area contributed by atoms with Crippen LogP contribution < -0.4 is 25.6 Å². The summed E-state index contributed by atoms with van der Waals surface area (Å²) < 4.78 is 97.1. The van der Waals surface area contributed by atoms with Crippen molar-refractivity contribution >= 4 is 74.3 Å². The van der Waals surface area contributed by atoms with Gasteiger partial charge in [0.25, 0.3) is 29.0 Å². The van der Waals surface area contributed by atoms with Gasteiger partial charge in [-0.25, -0.2) is 13.6 Å². The van der Waals surface area contributed by atoms with Gasteiger partial charge in [0.05, 0.1) is 36.5 Å². The maximum absolute atomic E-state index is 13.2. The fraction of sp³-hybridized carbons (Fsp3) is 0.583. The van der Waals surface area contributed by atoms with E-state index in [0.717, 1.165) is 0 Å². The summed E-state index contributed by atoms with van der Waals surface area (Å²) in [4.78, 5) is 80.1. The highest BCUT2D eigenvalue weighted by Gasteiger charge is 2.40. The van der Waals surface area contributed by atoms with Gasteiger partial charge in [-0.3, -0.25) is 28.3 Å². The zero-order valence-corrected chi connectivity index (χ0v) is 31.9. The van der Waals surface area contributed by atoms with Crippen LogP contribution in [-0.4, -0.2) is 92.9 Å². The monoisotopic (exact) mass is 841 g/mol. The highest BCUT2D eigenvalue weighted by Crippen LogP contribution is 2.61. The van der Waals surface area contributed by atoms with E-state index in [-0.39, 0.29) is 39.7 Å². The minimum absolute atomic E-state index is 0.0255. The first-order chi connectivity index (χ1) is 23.8. The first kappa shape index (κ1) is 44.1. The number of H-pyrrole nitrogens is 1. The Hall–Kier alpha value is -2.26. The Morgan fingerprint density at radius 2 is 1.92 bits per heavy atom. The van der Waals surface area contributed by atoms with Gasteiger partial charge in [-0.2, -0.15) is 18.2 Å². The molecule has 2 aromatic rings. The minimum Gasteiger partial charge on any atom is -0.756 e. The number of nitrogens with zero attached hydrogens (tertiary/aromatic N) is 4. The molecule has 0 aliphatic carbocycles. The van der Waals surface area contributed by atoms with Crippen LogP contribution in [0.1, 0.15) is 39.0 Å². The van der Waals surface area contributed by atoms with Crippen LogP contribution in [0.15, 0.2) is 16.0 Å². The Balaban J connectivity index is 1.98. The summed E-state index contributed by atoms with van der Waals surface area (Å²) in [5.74, 6) is 2.45. The molecule has 52 heavy (non-hydrogen) atoms. The van der Waals surface area contributed by atoms with Gasteiger partial charge in [0.1, 0.15) is 18.3 Å². The first-order valence-electron chi connectivity index (χ1n) is 14.3. The fourth-order valence-electron chi connectivity index (χ4n) is 4.02. The van der Waals surface area contributed by atoms with Crippen molar-refractivity contribution in [3.63, 3.8) is 0 Å². The van der Waals surface area contributed by atoms with E-state index in [1.807, 2.05) is 20.8 Å². The van der Waals surface area contributed by atoms with Crippen LogP contribution in [0.2, 0.25) is 0 Å². The molecule has 3 heterocycles. The average molecular weight is 842 g/mol. The van der Waals surface area contributed by atoms with Gasteiger partial charge < -0.3 is 48.4 Å². The molecule has 6 atom stereocenters. The number of rotatable bonds is 15. The predicted molar refractivity (Wildman–Crippen MR) is 174 cm³/mol. The number of aromatic nitrogens is 3. The van der Waals surface area contributed by atoms with Crippen LogP contribution in [0.4, 0.5) is 19.1 Å². The number of amides is 1. The summed E-state index contributed by atoms with van der Waals surface area (Å²) in [7, 11) is -12.0. The largest absolute Gasteiger partial charge is 0.756 e. The molecule has 0 bridgehead atoms. The lowest BCUT2D eigenvalue weighted by molar-refractivity contribution is -0.250. The molecule has 1 aliphatic heterocycles. The molecule has 1 aliphatic rings. The van der Waals surface area contributed by atoms with Gasteiger partial charge in [0.2, 0.25) is 5.95 Å². The van der Waals surface area contributed by atoms with Crippen LogP contribution in [0.3, 0.4) is 0 Å². The molecule has 1 saturated heterocycles. The van der Waals surface area contributed by atoms with Crippen LogP contribution in [-0.2, 0) is 41.1 Å². The lowest BCUT2D eigenvalue weighted by atomic mass is 10.2. The molecule has 1 amide bonds. The topological polar surface area (TPSA) is 282 Å². The number of carbonyl (C=O) groups excluding carboxylic acids is 1. The quantitative estimate of drug-likeness (QED) is 0.0432. The van der Waals surface area contributed by atoms with Crippen molar-refractivity contribution in [2.24, 2.45) is 4.99 Å². The van der Waals surface area contributed by atoms with Gasteiger partial charge in [-0.15, -0.1) is 0 Å². The SMILES string of the molecule is CN(C)/C=N\c1nc2c(c(C#CCNC(=O)C(F)(F)F)cn2[C@H]2CC(OCSSC(C)(C)C)[C@@H](COP(=O)([O-])OP(=O)([O-])OP(=O)([O-])O)O2)c(=O)[nH]1. The molecule has 292 valence electrons. The van der Waals surface area contributed by atoms with Crippen molar-refractivity contribution < 1.29 is 73.9 Å². The number of phosphoric acid groups is 3. The standard InChI is InChI=1S/C24H34F3N6O14P3S2/c1-23(2,3)52-51-13-43-15-9-17(45-16(15)11-44-49(39,40)47-50(41,42)46-48(36,37)38)33-10-14(7-6-8-28-21(35)24(25,26)27)18-19(33)30-22(31-20(18)34)29-12-32(4)5/h10,12,15-17H,8-9,11,13H2,1-5H3,(H,28,35)(H,39,40)(H,41,42)(H,30,31,34)(H2,36,37,38)/p-3/b29-12-/t15?,16-,17-/m1/s1. The fourth-order valence-corrected chi connectivity index (χ4v) is 8.92. The molecule has 0 saturated carbocycles. The minimum atomic E-state index is -6.19. The van der Waals surface area contributed by atoms with E-state index >= 15 is 0 Å². The van der Waals surface area contributed by atoms with Crippen LogP contribution in [0, 0.1) is 11.8 Å². The third kappa shape index (κ3) is 14.2. The number of halogens is 3. The molecular formula is C24H31F3N6O14P3S2-3. The van der Waals surface area contributed by atoms with Gasteiger partial charge in [0.15, 0.2) is 5.65 Å². The number of phosphoric ester groups is 1. The molecule has 2 aromatic heterocycles. The third-order valence-corrected chi connectivity index (χ3v) is 12.5. The zero-order valence-electron chi connectivity index (χ0n) is 27.6. The van der Waals surface area contributed by atoms with Crippen molar-refractivity contribution in [3.8, 4) is 11.8 Å². The van der Waals surface area contributed by atoms with E-state index in [0.29, 0.717) is 0 Å². The number of aliphatic imine (C=N–C) groups is 1. The lowest BCUT2D eigenvalue weighted by Gasteiger charge is -2.33. The van der Waals surface area contributed by atoms with Gasteiger partial charge in [-0.05, 0) is 0 Å². The Labute approximate surface area is 301 Å². The third-order valence-electron chi connectivity index (χ3n) is 5.83. The van der Waals surface area contributed by atoms with E-state index in [1.165, 1.54) is 43.6 Å². The number of carbonyl (C=O) groups is 1. The Kier molecular flexibility index (Phi) is 14.8. The number of aromatic amines is 1. The predicted octanol–water partition coefficient (Wildman–Crippen LogP) is 1.23. The van der Waals surface area contributed by atoms with Crippen LogP contribution in [0.25, 0.3) is 11.0 Å². The molecule has 0 aromatic carbocycles. The normalized spacial score (nSPS) is 21.7. The van der Waals surface area contributed by atoms with Crippen molar-refractivity contribution in [3.05, 3.63) is 22.1 Å². The summed E-state index contributed by atoms with van der Waals surface area (Å²) in [5, 5.41) is 1.42. The smallest absolute Gasteiger partial charge is 0.471 e. The average Bonchev–Trinajstić information content (AvgIpc) is 3.53. The summed E-state index contributed by atoms with van der Waals surface area (Å²) in [6.07, 6.45) is -6.10. The Morgan fingerprint density at radius 3 is 2.52 bits per heavy atom. The Bertz CT molecular complexity index is 1910. The number of alkyl halides is 3. The number of fused-ring (bicyclic) bond motifs is 1. The number of hydrogen-bond donors (Lipinski definition) is 3. The molecule has 28 heteroatoms. The Morgan fingerprint density at radius 1 is 1.25 bits per heavy atom. The van der Waals surface area contributed by atoms with Crippen molar-refractivity contribution in [2.75, 3.05) is 33.2 Å². The van der Waals surface area contributed by atoms with E-state index in [9.17, 15) is 51.1 Å². The first-order valence-corrected chi connectivity index (χ1v) is 21.0. The molecule has 20 nitrogen and oxygen atoms in total. The van der Waals surface area contributed by atoms with E-state index in [2.05, 4.69) is 39.9 Å². The van der Waals surface area contributed by atoms with E-state index in [4.69, 9.17) is 14.4 Å². The van der Waals surface area contributed by atoms with Crippen molar-refractivity contribution in [1.29, 1.82) is 0 Å². The van der Waals surface area contributed by atoms with Gasteiger partial charge in [0, 0.05) is 31.5 Å². The van der Waals surface area contributed by atoms with Crippen LogP contribution in [0.5, 0.6) is 0 Å². The second-order valence-corrected chi connectivity index (χ2v) is 18.9. The maximum Gasteiger partial charge on any atom is 0.471 e. The second kappa shape index (κ2) is 17.5. The molecule has 1 fully saturated rings. The molecular weight excluding hydrogens is 810 g/mol. The summed E-state index contributed by atoms with van der Waals surface area (Å²) in [5.41, 5.74) is -0.914. The molecule has 0 spiro atoms. The molecule has 3 N–H and O–H groups in total. The van der Waals surface area contributed by atoms with Crippen molar-refractivity contribution in [1.82, 2.24) is 24.8 Å². The second-order valence-electron chi connectivity index (χ2n) is 11.6. The maximum atomic E-state index is 13.2. The molecule has 0 radical (unpaired) electrons. The molecule has 3 rings (SSSR count). The van der Waals surface area contributed by atoms with Gasteiger partial charge in [-0.1, -0.05) is 54.2 Å². The van der Waals surface area contributed by atoms with Gasteiger partial charge >= 0.3 is 12.1 Å². The molecule has 4 unspecified atom stereocenters. The van der Waals surface area contributed by atoms with Crippen LogP contribution >= 0.6 is 45.1 Å². The number of ether oxygens (including phenoxy) is 2. The van der Waals surface area contributed by atoms with Crippen molar-refractivity contribution in [2.45, 2.75) is 56.6 Å². The highest BCUT2D eigenvalue weighted by molar-refractivity contribution is 8.77.